The molecule has 19 heavy (non-hydrogen) atoms. The van der Waals surface area contributed by atoms with Crippen molar-refractivity contribution in [2.75, 3.05) is 25.6 Å². The summed E-state index contributed by atoms with van der Waals surface area (Å²) in [5.41, 5.74) is 5.69. The van der Waals surface area contributed by atoms with Crippen molar-refractivity contribution in [2.45, 2.75) is 31.0 Å². The quantitative estimate of drug-likeness (QED) is 0.834. The number of anilines is 1. The van der Waals surface area contributed by atoms with Crippen LogP contribution in [0.5, 0.6) is 5.75 Å². The molecule has 0 amide bonds. The molecule has 0 radical (unpaired) electrons. The van der Waals surface area contributed by atoms with Crippen molar-refractivity contribution in [3.63, 3.8) is 0 Å². The van der Waals surface area contributed by atoms with Crippen LogP contribution < -0.4 is 10.5 Å². The fourth-order valence-electron chi connectivity index (χ4n) is 2.74. The first-order valence-electron chi connectivity index (χ1n) is 6.60. The van der Waals surface area contributed by atoms with E-state index in [1.54, 1.807) is 12.1 Å². The highest BCUT2D eigenvalue weighted by atomic mass is 19.1. The van der Waals surface area contributed by atoms with E-state index in [-0.39, 0.29) is 17.5 Å². The minimum atomic E-state index is -0.414. The minimum absolute atomic E-state index is 0.0337. The van der Waals surface area contributed by atoms with Crippen LogP contribution >= 0.6 is 0 Å². The lowest BCUT2D eigenvalue weighted by atomic mass is 9.91. The van der Waals surface area contributed by atoms with Gasteiger partial charge in [0.05, 0.1) is 18.8 Å². The van der Waals surface area contributed by atoms with E-state index in [1.807, 2.05) is 0 Å². The van der Waals surface area contributed by atoms with Crippen molar-refractivity contribution in [1.29, 1.82) is 0 Å². The zero-order valence-electron chi connectivity index (χ0n) is 10.7. The van der Waals surface area contributed by atoms with Crippen molar-refractivity contribution in [2.24, 2.45) is 0 Å². The maximum absolute atomic E-state index is 13.7. The number of hydrogen-bond acceptors (Lipinski definition) is 4. The molecule has 0 aromatic heterocycles. The molecule has 2 saturated heterocycles. The molecule has 2 heterocycles. The zero-order valence-corrected chi connectivity index (χ0v) is 10.7. The molecule has 0 bridgehead atoms. The van der Waals surface area contributed by atoms with Gasteiger partial charge in [-0.1, -0.05) is 0 Å². The molecule has 2 atom stereocenters. The molecule has 2 N–H and O–H groups in total. The van der Waals surface area contributed by atoms with Crippen LogP contribution in [-0.2, 0) is 9.47 Å². The number of nitrogens with two attached hydrogens (primary N) is 1. The summed E-state index contributed by atoms with van der Waals surface area (Å²) >= 11 is 0. The van der Waals surface area contributed by atoms with Gasteiger partial charge in [0, 0.05) is 37.6 Å². The molecule has 2 aliphatic heterocycles. The smallest absolute Gasteiger partial charge is 0.167 e. The second-order valence-corrected chi connectivity index (χ2v) is 5.26. The van der Waals surface area contributed by atoms with Gasteiger partial charge in [-0.05, 0) is 12.1 Å². The maximum Gasteiger partial charge on any atom is 0.167 e. The topological polar surface area (TPSA) is 53.7 Å². The monoisotopic (exact) mass is 267 g/mol. The molecule has 4 nitrogen and oxygen atoms in total. The van der Waals surface area contributed by atoms with Gasteiger partial charge in [0.15, 0.2) is 11.6 Å². The van der Waals surface area contributed by atoms with Crippen LogP contribution in [0.25, 0.3) is 0 Å². The molecule has 1 aromatic carbocycles. The largest absolute Gasteiger partial charge is 0.487 e. The Kier molecular flexibility index (Phi) is 3.33. The number of hydrogen-bond donors (Lipinski definition) is 1. The molecule has 1 aromatic rings. The minimum Gasteiger partial charge on any atom is -0.487 e. The lowest BCUT2D eigenvalue weighted by molar-refractivity contribution is -0.112. The van der Waals surface area contributed by atoms with Gasteiger partial charge in [-0.3, -0.25) is 0 Å². The third kappa shape index (κ3) is 2.67. The summed E-state index contributed by atoms with van der Waals surface area (Å²) in [5, 5.41) is 0. The van der Waals surface area contributed by atoms with Crippen LogP contribution in [0.15, 0.2) is 18.2 Å². The lowest BCUT2D eigenvalue weighted by Crippen LogP contribution is -2.44. The average Bonchev–Trinajstić information content (AvgIpc) is 2.81. The van der Waals surface area contributed by atoms with Crippen molar-refractivity contribution in [3.05, 3.63) is 24.0 Å². The average molecular weight is 267 g/mol. The first-order chi connectivity index (χ1) is 9.17. The fraction of sp³-hybridized carbons (Fsp3) is 0.571. The van der Waals surface area contributed by atoms with Crippen molar-refractivity contribution < 1.29 is 18.6 Å². The maximum atomic E-state index is 13.7. The molecule has 5 heteroatoms. The van der Waals surface area contributed by atoms with Gasteiger partial charge in [-0.25, -0.2) is 4.39 Å². The van der Waals surface area contributed by atoms with E-state index in [0.29, 0.717) is 18.9 Å². The highest BCUT2D eigenvalue weighted by Gasteiger charge is 2.41. The SMILES string of the molecule is Nc1ccc(OC2CCOC3(CCOC3)C2)c(F)c1. The molecular weight excluding hydrogens is 249 g/mol. The van der Waals surface area contributed by atoms with Crippen LogP contribution in [0.4, 0.5) is 10.1 Å². The lowest BCUT2D eigenvalue weighted by Gasteiger charge is -2.37. The second-order valence-electron chi connectivity index (χ2n) is 5.26. The summed E-state index contributed by atoms with van der Waals surface area (Å²) in [4.78, 5) is 0. The summed E-state index contributed by atoms with van der Waals surface area (Å²) in [6.45, 7) is 1.96. The molecule has 3 rings (SSSR count). The summed E-state index contributed by atoms with van der Waals surface area (Å²) in [5.74, 6) is -0.154. The molecule has 2 unspecified atom stereocenters. The van der Waals surface area contributed by atoms with E-state index in [2.05, 4.69) is 0 Å². The first-order valence-corrected chi connectivity index (χ1v) is 6.60. The second kappa shape index (κ2) is 4.98. The number of benzene rings is 1. The molecule has 1 spiro atoms. The Morgan fingerprint density at radius 2 is 2.26 bits per heavy atom. The van der Waals surface area contributed by atoms with Gasteiger partial charge in [0.25, 0.3) is 0 Å². The predicted molar refractivity (Wildman–Crippen MR) is 68.6 cm³/mol. The Labute approximate surface area is 111 Å². The van der Waals surface area contributed by atoms with E-state index in [4.69, 9.17) is 19.9 Å². The summed E-state index contributed by atoms with van der Waals surface area (Å²) in [6.07, 6.45) is 2.37. The summed E-state index contributed by atoms with van der Waals surface area (Å²) < 4.78 is 30.7. The Hall–Kier alpha value is -1.33. The summed E-state index contributed by atoms with van der Waals surface area (Å²) in [6, 6.07) is 4.51. The van der Waals surface area contributed by atoms with E-state index in [9.17, 15) is 4.39 Å². The normalized spacial score (nSPS) is 30.7. The van der Waals surface area contributed by atoms with Gasteiger partial charge in [-0.2, -0.15) is 0 Å². The van der Waals surface area contributed by atoms with Crippen LogP contribution in [0, 0.1) is 5.82 Å². The van der Waals surface area contributed by atoms with Crippen LogP contribution in [0.3, 0.4) is 0 Å². The number of nitrogen functional groups attached to an aromatic ring is 1. The zero-order chi connectivity index (χ0) is 13.3. The predicted octanol–water partition coefficient (Wildman–Crippen LogP) is 2.12. The highest BCUT2D eigenvalue weighted by Crippen LogP contribution is 2.35. The summed E-state index contributed by atoms with van der Waals surface area (Å²) in [7, 11) is 0. The van der Waals surface area contributed by atoms with Gasteiger partial charge in [0.1, 0.15) is 6.10 Å². The molecule has 0 aliphatic carbocycles. The fourth-order valence-corrected chi connectivity index (χ4v) is 2.74. The molecular formula is C14H18FNO3. The van der Waals surface area contributed by atoms with Gasteiger partial charge in [0.2, 0.25) is 0 Å². The molecule has 2 aliphatic rings. The third-order valence-electron chi connectivity index (χ3n) is 3.76. The number of halogens is 1. The Morgan fingerprint density at radius 3 is 3.00 bits per heavy atom. The number of ether oxygens (including phenoxy) is 3. The van der Waals surface area contributed by atoms with Gasteiger partial charge < -0.3 is 19.9 Å². The first kappa shape index (κ1) is 12.7. The van der Waals surface area contributed by atoms with Gasteiger partial charge >= 0.3 is 0 Å². The Bertz CT molecular complexity index is 460. The van der Waals surface area contributed by atoms with Crippen molar-refractivity contribution >= 4 is 5.69 Å². The highest BCUT2D eigenvalue weighted by molar-refractivity contribution is 5.42. The van der Waals surface area contributed by atoms with E-state index < -0.39 is 5.82 Å². The molecule has 104 valence electrons. The van der Waals surface area contributed by atoms with Crippen molar-refractivity contribution in [3.8, 4) is 5.75 Å². The Balaban J connectivity index is 1.69. The Morgan fingerprint density at radius 1 is 1.37 bits per heavy atom. The van der Waals surface area contributed by atoms with Crippen LogP contribution in [-0.4, -0.2) is 31.5 Å². The van der Waals surface area contributed by atoms with Gasteiger partial charge in [-0.15, -0.1) is 0 Å². The third-order valence-corrected chi connectivity index (χ3v) is 3.76. The standard InChI is InChI=1S/C14H18FNO3/c15-12-7-10(16)1-2-13(12)19-11-3-5-18-14(8-11)4-6-17-9-14/h1-2,7,11H,3-6,8-9,16H2. The van der Waals surface area contributed by atoms with E-state index in [0.717, 1.165) is 25.9 Å². The van der Waals surface area contributed by atoms with E-state index in [1.165, 1.54) is 6.07 Å². The molecule has 0 saturated carbocycles. The van der Waals surface area contributed by atoms with Crippen molar-refractivity contribution in [1.82, 2.24) is 0 Å². The number of rotatable bonds is 2. The van der Waals surface area contributed by atoms with Crippen LogP contribution in [0.2, 0.25) is 0 Å². The molecule has 2 fully saturated rings. The van der Waals surface area contributed by atoms with E-state index >= 15 is 0 Å². The van der Waals surface area contributed by atoms with Crippen LogP contribution in [0.1, 0.15) is 19.3 Å².